The van der Waals surface area contributed by atoms with E-state index < -0.39 is 11.9 Å². The molecule has 4 nitrogen and oxygen atoms in total. The van der Waals surface area contributed by atoms with Crippen molar-refractivity contribution in [3.05, 3.63) is 46.8 Å². The lowest BCUT2D eigenvalue weighted by molar-refractivity contribution is 0.169. The highest BCUT2D eigenvalue weighted by Crippen LogP contribution is 2.22. The summed E-state index contributed by atoms with van der Waals surface area (Å²) in [5, 5.41) is 14.1. The summed E-state index contributed by atoms with van der Waals surface area (Å²) >= 11 is 5.64. The Balaban J connectivity index is 2.20. The summed E-state index contributed by atoms with van der Waals surface area (Å²) in [6.07, 6.45) is 0.630. The Kier molecular flexibility index (Phi) is 3.40. The number of halogens is 2. The van der Waals surface area contributed by atoms with Gasteiger partial charge in [0, 0.05) is 24.1 Å². The molecule has 2 aromatic rings. The Morgan fingerprint density at radius 2 is 2.29 bits per heavy atom. The van der Waals surface area contributed by atoms with Crippen LogP contribution < -0.4 is 0 Å². The van der Waals surface area contributed by atoms with Crippen LogP contribution in [0.2, 0.25) is 5.02 Å². The third-order valence-electron chi connectivity index (χ3n) is 2.50. The number of nitrogens with zero attached hydrogens (tertiary/aromatic N) is 3. The van der Waals surface area contributed by atoms with Gasteiger partial charge in [0.2, 0.25) is 0 Å². The molecule has 1 heterocycles. The second-order valence-corrected chi connectivity index (χ2v) is 4.12. The average Bonchev–Trinajstić information content (AvgIpc) is 2.64. The lowest BCUT2D eigenvalue weighted by Crippen LogP contribution is -2.09. The number of aromatic nitrogens is 3. The minimum atomic E-state index is -0.963. The molecule has 0 fully saturated rings. The van der Waals surface area contributed by atoms with Crippen LogP contribution in [0.4, 0.5) is 4.39 Å². The number of aliphatic hydroxyl groups excluding tert-OH is 1. The first-order chi connectivity index (χ1) is 8.08. The second-order valence-electron chi connectivity index (χ2n) is 3.69. The molecule has 1 atom stereocenters. The standard InChI is InChI=1S/C11H11ClFN3O/c1-16-11(14-6-15-16)5-10(17)8-3-2-7(12)4-9(8)13/h2-4,6,10,17H,5H2,1H3. The molecule has 0 aliphatic rings. The van der Waals surface area contributed by atoms with Gasteiger partial charge in [0.25, 0.3) is 0 Å². The third kappa shape index (κ3) is 2.62. The highest BCUT2D eigenvalue weighted by Gasteiger charge is 2.16. The van der Waals surface area contributed by atoms with Crippen LogP contribution >= 0.6 is 11.6 Å². The van der Waals surface area contributed by atoms with Crippen molar-refractivity contribution in [1.29, 1.82) is 0 Å². The van der Waals surface area contributed by atoms with Gasteiger partial charge in [-0.15, -0.1) is 0 Å². The lowest BCUT2D eigenvalue weighted by atomic mass is 10.1. The molecule has 0 spiro atoms. The van der Waals surface area contributed by atoms with E-state index in [2.05, 4.69) is 10.1 Å². The smallest absolute Gasteiger partial charge is 0.138 e. The van der Waals surface area contributed by atoms with Gasteiger partial charge in [-0.3, -0.25) is 4.68 Å². The summed E-state index contributed by atoms with van der Waals surface area (Å²) in [7, 11) is 1.72. The van der Waals surface area contributed by atoms with Crippen molar-refractivity contribution in [3.8, 4) is 0 Å². The van der Waals surface area contributed by atoms with Crippen molar-refractivity contribution in [3.63, 3.8) is 0 Å². The fourth-order valence-corrected chi connectivity index (χ4v) is 1.72. The monoisotopic (exact) mass is 255 g/mol. The molecule has 1 aromatic carbocycles. The first kappa shape index (κ1) is 12.0. The Hall–Kier alpha value is -1.46. The quantitative estimate of drug-likeness (QED) is 0.911. The van der Waals surface area contributed by atoms with Crippen molar-refractivity contribution in [2.24, 2.45) is 7.05 Å². The second kappa shape index (κ2) is 4.81. The predicted molar refractivity (Wildman–Crippen MR) is 61.1 cm³/mol. The lowest BCUT2D eigenvalue weighted by Gasteiger charge is -2.11. The molecule has 1 aromatic heterocycles. The Morgan fingerprint density at radius 1 is 1.53 bits per heavy atom. The number of hydrogen-bond acceptors (Lipinski definition) is 3. The average molecular weight is 256 g/mol. The summed E-state index contributed by atoms with van der Waals surface area (Å²) in [4.78, 5) is 3.97. The SMILES string of the molecule is Cn1ncnc1CC(O)c1ccc(Cl)cc1F. The third-order valence-corrected chi connectivity index (χ3v) is 2.74. The predicted octanol–water partition coefficient (Wildman–Crippen LogP) is 1.88. The Labute approximate surface area is 103 Å². The molecule has 2 rings (SSSR count). The van der Waals surface area contributed by atoms with Gasteiger partial charge < -0.3 is 5.11 Å². The van der Waals surface area contributed by atoms with Gasteiger partial charge in [0.1, 0.15) is 18.0 Å². The Bertz CT molecular complexity index is 529. The molecule has 17 heavy (non-hydrogen) atoms. The van der Waals surface area contributed by atoms with E-state index in [0.29, 0.717) is 10.8 Å². The van der Waals surface area contributed by atoms with E-state index in [1.165, 1.54) is 23.1 Å². The number of benzene rings is 1. The van der Waals surface area contributed by atoms with E-state index in [0.717, 1.165) is 0 Å². The van der Waals surface area contributed by atoms with Gasteiger partial charge >= 0.3 is 0 Å². The van der Waals surface area contributed by atoms with E-state index in [1.54, 1.807) is 13.1 Å². The molecule has 1 N–H and O–H groups in total. The van der Waals surface area contributed by atoms with Gasteiger partial charge in [0.15, 0.2) is 0 Å². The van der Waals surface area contributed by atoms with Gasteiger partial charge in [-0.25, -0.2) is 9.37 Å². The van der Waals surface area contributed by atoms with Crippen LogP contribution in [-0.2, 0) is 13.5 Å². The van der Waals surface area contributed by atoms with Crippen LogP contribution in [0.25, 0.3) is 0 Å². The van der Waals surface area contributed by atoms with Crippen LogP contribution in [-0.4, -0.2) is 19.9 Å². The zero-order valence-corrected chi connectivity index (χ0v) is 9.89. The van der Waals surface area contributed by atoms with Gasteiger partial charge in [-0.05, 0) is 12.1 Å². The summed E-state index contributed by atoms with van der Waals surface area (Å²) in [5.41, 5.74) is 0.206. The summed E-state index contributed by atoms with van der Waals surface area (Å²) in [6.45, 7) is 0. The number of rotatable bonds is 3. The molecule has 6 heteroatoms. The van der Waals surface area contributed by atoms with Crippen LogP contribution in [0, 0.1) is 5.82 Å². The minimum absolute atomic E-state index is 0.203. The van der Waals surface area contributed by atoms with Crippen molar-refractivity contribution >= 4 is 11.6 Å². The largest absolute Gasteiger partial charge is 0.388 e. The summed E-state index contributed by atoms with van der Waals surface area (Å²) in [5.74, 6) is 0.0685. The molecule has 0 bridgehead atoms. The minimum Gasteiger partial charge on any atom is -0.388 e. The highest BCUT2D eigenvalue weighted by atomic mass is 35.5. The van der Waals surface area contributed by atoms with Crippen molar-refractivity contribution in [2.45, 2.75) is 12.5 Å². The van der Waals surface area contributed by atoms with Gasteiger partial charge in [0.05, 0.1) is 6.10 Å². The molecule has 0 amide bonds. The Morgan fingerprint density at radius 3 is 2.88 bits per heavy atom. The molecule has 0 aliphatic carbocycles. The van der Waals surface area contributed by atoms with Crippen LogP contribution in [0.5, 0.6) is 0 Å². The number of aryl methyl sites for hydroxylation is 1. The van der Waals surface area contributed by atoms with Gasteiger partial charge in [-0.1, -0.05) is 17.7 Å². The van der Waals surface area contributed by atoms with E-state index in [1.807, 2.05) is 0 Å². The molecular formula is C11H11ClFN3O. The van der Waals surface area contributed by atoms with E-state index >= 15 is 0 Å². The number of aliphatic hydroxyl groups is 1. The molecule has 0 radical (unpaired) electrons. The van der Waals surface area contributed by atoms with Crippen molar-refractivity contribution < 1.29 is 9.50 Å². The summed E-state index contributed by atoms with van der Waals surface area (Å²) in [6, 6.07) is 4.19. The maximum absolute atomic E-state index is 13.5. The van der Waals surface area contributed by atoms with Crippen molar-refractivity contribution in [2.75, 3.05) is 0 Å². The zero-order chi connectivity index (χ0) is 12.4. The normalized spacial score (nSPS) is 12.7. The van der Waals surface area contributed by atoms with E-state index in [9.17, 15) is 9.50 Å². The highest BCUT2D eigenvalue weighted by molar-refractivity contribution is 6.30. The van der Waals surface area contributed by atoms with Gasteiger partial charge in [-0.2, -0.15) is 5.10 Å². The molecular weight excluding hydrogens is 245 g/mol. The van der Waals surface area contributed by atoms with Crippen LogP contribution in [0.15, 0.2) is 24.5 Å². The fourth-order valence-electron chi connectivity index (χ4n) is 1.56. The first-order valence-electron chi connectivity index (χ1n) is 5.04. The first-order valence-corrected chi connectivity index (χ1v) is 5.41. The fraction of sp³-hybridized carbons (Fsp3) is 0.273. The van der Waals surface area contributed by atoms with E-state index in [-0.39, 0.29) is 12.0 Å². The molecule has 0 saturated carbocycles. The zero-order valence-electron chi connectivity index (χ0n) is 9.14. The topological polar surface area (TPSA) is 50.9 Å². The summed E-state index contributed by atoms with van der Waals surface area (Å²) < 4.78 is 15.1. The molecule has 0 saturated heterocycles. The maximum Gasteiger partial charge on any atom is 0.138 e. The van der Waals surface area contributed by atoms with E-state index in [4.69, 9.17) is 11.6 Å². The molecule has 1 unspecified atom stereocenters. The van der Waals surface area contributed by atoms with Crippen LogP contribution in [0.3, 0.4) is 0 Å². The molecule has 0 aliphatic heterocycles. The van der Waals surface area contributed by atoms with Crippen molar-refractivity contribution in [1.82, 2.24) is 14.8 Å². The maximum atomic E-state index is 13.5. The number of hydrogen-bond donors (Lipinski definition) is 1. The van der Waals surface area contributed by atoms with Crippen LogP contribution in [0.1, 0.15) is 17.5 Å². The molecule has 90 valence electrons.